The molecule has 1 aromatic heterocycles. The van der Waals surface area contributed by atoms with E-state index in [0.29, 0.717) is 22.7 Å². The van der Waals surface area contributed by atoms with Gasteiger partial charge in [0.1, 0.15) is 29.2 Å². The number of aromatic nitrogens is 1. The Hall–Kier alpha value is -4.40. The van der Waals surface area contributed by atoms with Crippen molar-refractivity contribution in [3.05, 3.63) is 67.3 Å². The average molecular weight is 572 g/mol. The first kappa shape index (κ1) is 29.1. The zero-order valence-electron chi connectivity index (χ0n) is 24.4. The first-order valence-corrected chi connectivity index (χ1v) is 14.1. The Balaban J connectivity index is 1.47. The van der Waals surface area contributed by atoms with Gasteiger partial charge in [-0.2, -0.15) is 0 Å². The predicted molar refractivity (Wildman–Crippen MR) is 159 cm³/mol. The molecule has 0 spiro atoms. The van der Waals surface area contributed by atoms with Crippen LogP contribution in [0.2, 0.25) is 0 Å². The lowest BCUT2D eigenvalue weighted by Crippen LogP contribution is -2.53. The third kappa shape index (κ3) is 5.82. The Labute approximate surface area is 245 Å². The summed E-state index contributed by atoms with van der Waals surface area (Å²) in [6.07, 6.45) is 1.77. The molecule has 2 fully saturated rings. The highest BCUT2D eigenvalue weighted by molar-refractivity contribution is 5.95. The van der Waals surface area contributed by atoms with Crippen molar-refractivity contribution < 1.29 is 29.0 Å². The Morgan fingerprint density at radius 1 is 1.17 bits per heavy atom. The number of carboxylic acids is 1. The fraction of sp³-hybridized carbons (Fsp3) is 0.394. The van der Waals surface area contributed by atoms with Gasteiger partial charge in [0.2, 0.25) is 11.8 Å². The van der Waals surface area contributed by atoms with Crippen molar-refractivity contribution >= 4 is 28.7 Å². The summed E-state index contributed by atoms with van der Waals surface area (Å²) < 4.78 is 12.0. The van der Waals surface area contributed by atoms with Gasteiger partial charge in [0.05, 0.1) is 24.9 Å². The topological polar surface area (TPSA) is 118 Å². The molecule has 42 heavy (non-hydrogen) atoms. The van der Waals surface area contributed by atoms with Gasteiger partial charge in [-0.1, -0.05) is 57.2 Å². The molecule has 2 N–H and O–H groups in total. The second-order valence-electron chi connectivity index (χ2n) is 12.3. The molecule has 0 bridgehead atoms. The number of pyridine rings is 1. The zero-order chi connectivity index (χ0) is 30.2. The van der Waals surface area contributed by atoms with Crippen LogP contribution in [0.4, 0.5) is 0 Å². The van der Waals surface area contributed by atoms with E-state index in [0.717, 1.165) is 10.9 Å². The number of rotatable bonds is 9. The number of nitrogens with zero attached hydrogens (tertiary/aromatic N) is 2. The Morgan fingerprint density at radius 2 is 1.90 bits per heavy atom. The van der Waals surface area contributed by atoms with Gasteiger partial charge in [-0.15, -0.1) is 6.58 Å². The minimum absolute atomic E-state index is 0.177. The van der Waals surface area contributed by atoms with E-state index >= 15 is 0 Å². The smallest absolute Gasteiger partial charge is 0.330 e. The number of benzene rings is 2. The molecule has 3 aromatic rings. The molecular weight excluding hydrogens is 534 g/mol. The lowest BCUT2D eigenvalue weighted by molar-refractivity contribution is -0.145. The molecular formula is C33H37N3O6. The number of amides is 2. The molecule has 2 heterocycles. The van der Waals surface area contributed by atoms with E-state index in [2.05, 4.69) is 11.9 Å². The van der Waals surface area contributed by atoms with Crippen molar-refractivity contribution in [1.29, 1.82) is 0 Å². The van der Waals surface area contributed by atoms with Gasteiger partial charge in [0.15, 0.2) is 0 Å². The number of nitrogens with one attached hydrogen (secondary N) is 1. The summed E-state index contributed by atoms with van der Waals surface area (Å²) in [4.78, 5) is 45.5. The standard InChI is InChI=1S/C33H37N3O6/c1-6-21-17-33(21,31(39)40)35-30(38)27-15-23(19-36(27)29(37)18-32(2,3)4)42-28-16-25(20-10-8-7-9-11-20)34-26-14-22(41-5)12-13-24(26)28/h6-14,16,21,23,27H,1,15,17-19H2,2-5H3,(H,35,38)(H,39,40)/t21?,23-,27+,33-/m1/s1. The zero-order valence-corrected chi connectivity index (χ0v) is 24.4. The number of hydrogen-bond donors (Lipinski definition) is 2. The van der Waals surface area contributed by atoms with Crippen LogP contribution in [0, 0.1) is 11.3 Å². The Morgan fingerprint density at radius 3 is 2.52 bits per heavy atom. The minimum atomic E-state index is -1.39. The minimum Gasteiger partial charge on any atom is -0.497 e. The molecule has 2 amide bonds. The molecule has 220 valence electrons. The molecule has 1 unspecified atom stereocenters. The van der Waals surface area contributed by atoms with Gasteiger partial charge in [0, 0.05) is 41.8 Å². The molecule has 5 rings (SSSR count). The number of hydrogen-bond acceptors (Lipinski definition) is 6. The Bertz CT molecular complexity index is 1530. The Kier molecular flexibility index (Phi) is 7.70. The van der Waals surface area contributed by atoms with Crippen molar-refractivity contribution in [2.45, 2.75) is 57.7 Å². The molecule has 1 aliphatic heterocycles. The summed E-state index contributed by atoms with van der Waals surface area (Å²) in [6, 6.07) is 16.3. The van der Waals surface area contributed by atoms with Crippen LogP contribution in [-0.2, 0) is 14.4 Å². The largest absolute Gasteiger partial charge is 0.497 e. The van der Waals surface area contributed by atoms with E-state index < -0.39 is 29.6 Å². The van der Waals surface area contributed by atoms with Crippen LogP contribution < -0.4 is 14.8 Å². The van der Waals surface area contributed by atoms with Crippen molar-refractivity contribution in [2.24, 2.45) is 11.3 Å². The van der Waals surface area contributed by atoms with Crippen LogP contribution >= 0.6 is 0 Å². The molecule has 9 heteroatoms. The quantitative estimate of drug-likeness (QED) is 0.353. The van der Waals surface area contributed by atoms with Crippen LogP contribution in [0.25, 0.3) is 22.2 Å². The molecule has 2 aliphatic rings. The maximum atomic E-state index is 13.6. The summed E-state index contributed by atoms with van der Waals surface area (Å²) in [5.41, 5.74) is 0.631. The predicted octanol–water partition coefficient (Wildman–Crippen LogP) is 4.84. The fourth-order valence-corrected chi connectivity index (χ4v) is 5.62. The van der Waals surface area contributed by atoms with Crippen LogP contribution in [0.15, 0.2) is 67.3 Å². The summed E-state index contributed by atoms with van der Waals surface area (Å²) in [7, 11) is 1.60. The normalized spacial score (nSPS) is 23.3. The molecule has 1 aliphatic carbocycles. The summed E-state index contributed by atoms with van der Waals surface area (Å²) in [5.74, 6) is -0.901. The fourth-order valence-electron chi connectivity index (χ4n) is 5.62. The van der Waals surface area contributed by atoms with E-state index in [9.17, 15) is 19.5 Å². The van der Waals surface area contributed by atoms with Gasteiger partial charge in [-0.25, -0.2) is 9.78 Å². The lowest BCUT2D eigenvalue weighted by atomic mass is 9.91. The third-order valence-electron chi connectivity index (χ3n) is 7.94. The monoisotopic (exact) mass is 571 g/mol. The highest BCUT2D eigenvalue weighted by Gasteiger charge is 2.61. The maximum absolute atomic E-state index is 13.6. The maximum Gasteiger partial charge on any atom is 0.330 e. The van der Waals surface area contributed by atoms with E-state index in [1.54, 1.807) is 13.2 Å². The van der Waals surface area contributed by atoms with Crippen molar-refractivity contribution in [3.63, 3.8) is 0 Å². The van der Waals surface area contributed by atoms with E-state index in [4.69, 9.17) is 14.5 Å². The molecule has 1 saturated heterocycles. The highest BCUT2D eigenvalue weighted by atomic mass is 16.5. The van der Waals surface area contributed by atoms with E-state index in [1.165, 1.54) is 4.90 Å². The second kappa shape index (κ2) is 11.1. The summed E-state index contributed by atoms with van der Waals surface area (Å²) in [6.45, 7) is 9.78. The first-order valence-electron chi connectivity index (χ1n) is 14.1. The van der Waals surface area contributed by atoms with Gasteiger partial charge in [-0.05, 0) is 24.0 Å². The number of ether oxygens (including phenoxy) is 2. The van der Waals surface area contributed by atoms with Gasteiger partial charge >= 0.3 is 5.97 Å². The number of carboxylic acid groups (broad SMARTS) is 1. The van der Waals surface area contributed by atoms with Crippen molar-refractivity contribution in [1.82, 2.24) is 15.2 Å². The summed E-state index contributed by atoms with van der Waals surface area (Å²) in [5, 5.41) is 13.3. The summed E-state index contributed by atoms with van der Waals surface area (Å²) >= 11 is 0. The molecule has 1 saturated carbocycles. The van der Waals surface area contributed by atoms with Gasteiger partial charge in [0.25, 0.3) is 0 Å². The number of likely N-dealkylation sites (tertiary alicyclic amines) is 1. The first-order chi connectivity index (χ1) is 19.9. The molecule has 2 aromatic carbocycles. The van der Waals surface area contributed by atoms with Crippen molar-refractivity contribution in [3.8, 4) is 22.8 Å². The van der Waals surface area contributed by atoms with Gasteiger partial charge in [-0.3, -0.25) is 9.59 Å². The SMILES string of the molecule is C=CC1C[C@]1(NC(=O)[C@@H]1C[C@@H](Oc2cc(-c3ccccc3)nc3cc(OC)ccc23)CN1C(=O)CC(C)(C)C)C(=O)O. The van der Waals surface area contributed by atoms with Crippen molar-refractivity contribution in [2.75, 3.05) is 13.7 Å². The van der Waals surface area contributed by atoms with Crippen LogP contribution in [-0.4, -0.2) is 64.1 Å². The average Bonchev–Trinajstić information content (AvgIpc) is 3.51. The van der Waals surface area contributed by atoms with E-state index in [1.807, 2.05) is 75.4 Å². The third-order valence-corrected chi connectivity index (χ3v) is 7.94. The van der Waals surface area contributed by atoms with Crippen LogP contribution in [0.3, 0.4) is 0 Å². The number of aliphatic carboxylic acids is 1. The number of carbonyl (C=O) groups is 3. The van der Waals surface area contributed by atoms with Crippen LogP contribution in [0.5, 0.6) is 11.5 Å². The van der Waals surface area contributed by atoms with E-state index in [-0.39, 0.29) is 43.0 Å². The molecule has 0 radical (unpaired) electrons. The molecule has 9 nitrogen and oxygen atoms in total. The number of fused-ring (bicyclic) bond motifs is 1. The van der Waals surface area contributed by atoms with Crippen LogP contribution in [0.1, 0.15) is 40.0 Å². The lowest BCUT2D eigenvalue weighted by Gasteiger charge is -2.28. The number of carbonyl (C=O) groups excluding carboxylic acids is 2. The highest BCUT2D eigenvalue weighted by Crippen LogP contribution is 2.45. The second-order valence-corrected chi connectivity index (χ2v) is 12.3. The number of methoxy groups -OCH3 is 1. The van der Waals surface area contributed by atoms with Gasteiger partial charge < -0.3 is 24.8 Å². The molecule has 4 atom stereocenters.